The van der Waals surface area contributed by atoms with Crippen LogP contribution in [0.4, 0.5) is 5.82 Å². The van der Waals surface area contributed by atoms with E-state index in [1.807, 2.05) is 20.8 Å². The first-order chi connectivity index (χ1) is 7.80. The molecule has 0 fully saturated rings. The van der Waals surface area contributed by atoms with Gasteiger partial charge in [0, 0.05) is 17.2 Å². The molecule has 0 spiro atoms. The highest BCUT2D eigenvalue weighted by Gasteiger charge is 2.11. The first kappa shape index (κ1) is 14.4. The van der Waals surface area contributed by atoms with Crippen LogP contribution in [0.5, 0.6) is 0 Å². The predicted molar refractivity (Wildman–Crippen MR) is 72.1 cm³/mol. The summed E-state index contributed by atoms with van der Waals surface area (Å²) in [6.07, 6.45) is 1.57. The molecule has 5 nitrogen and oxygen atoms in total. The number of rotatable bonds is 5. The Morgan fingerprint density at radius 3 is 2.65 bits per heavy atom. The van der Waals surface area contributed by atoms with Gasteiger partial charge in [0.1, 0.15) is 5.82 Å². The lowest BCUT2D eigenvalue weighted by Gasteiger charge is -2.10. The number of pyridine rings is 1. The number of aryl methyl sites for hydroxylation is 1. The fourth-order valence-corrected chi connectivity index (χ4v) is 2.27. The van der Waals surface area contributed by atoms with Gasteiger partial charge in [-0.3, -0.25) is 4.72 Å². The van der Waals surface area contributed by atoms with Gasteiger partial charge in [0.15, 0.2) is 0 Å². The molecule has 96 valence electrons. The second-order valence-corrected chi connectivity index (χ2v) is 6.52. The largest absolute Gasteiger partial charge is 0.300 e. The van der Waals surface area contributed by atoms with E-state index in [9.17, 15) is 8.42 Å². The molecule has 0 amide bonds. The standard InChI is InChI=1S/C10H16BrN3O2S/c1-7(2)5-13-17(15,16)14-10-4-8(3)9(11)6-12-10/h4,6-7,13H,5H2,1-3H3,(H,12,14). The SMILES string of the molecule is Cc1cc(NS(=O)(=O)NCC(C)C)ncc1Br. The molecule has 2 N–H and O–H groups in total. The summed E-state index contributed by atoms with van der Waals surface area (Å²) >= 11 is 3.30. The van der Waals surface area contributed by atoms with Crippen LogP contribution in [0.1, 0.15) is 19.4 Å². The van der Waals surface area contributed by atoms with Crippen LogP contribution in [0.15, 0.2) is 16.7 Å². The van der Waals surface area contributed by atoms with Crippen LogP contribution >= 0.6 is 15.9 Å². The van der Waals surface area contributed by atoms with E-state index >= 15 is 0 Å². The van der Waals surface area contributed by atoms with Gasteiger partial charge in [-0.05, 0) is 40.4 Å². The minimum Gasteiger partial charge on any atom is -0.255 e. The molecule has 0 atom stereocenters. The zero-order chi connectivity index (χ0) is 13.1. The Kier molecular flexibility index (Phi) is 4.91. The quantitative estimate of drug-likeness (QED) is 0.872. The van der Waals surface area contributed by atoms with E-state index in [1.165, 1.54) is 0 Å². The van der Waals surface area contributed by atoms with Gasteiger partial charge in [-0.25, -0.2) is 4.98 Å². The topological polar surface area (TPSA) is 71.1 Å². The normalized spacial score (nSPS) is 11.8. The monoisotopic (exact) mass is 321 g/mol. The van der Waals surface area contributed by atoms with Crippen LogP contribution in [0.3, 0.4) is 0 Å². The maximum atomic E-state index is 11.6. The zero-order valence-corrected chi connectivity index (χ0v) is 12.4. The Morgan fingerprint density at radius 2 is 2.12 bits per heavy atom. The van der Waals surface area contributed by atoms with Crippen molar-refractivity contribution in [2.24, 2.45) is 5.92 Å². The van der Waals surface area contributed by atoms with E-state index < -0.39 is 10.2 Å². The van der Waals surface area contributed by atoms with E-state index in [0.717, 1.165) is 10.0 Å². The van der Waals surface area contributed by atoms with E-state index in [-0.39, 0.29) is 5.92 Å². The predicted octanol–water partition coefficient (Wildman–Crippen LogP) is 2.05. The van der Waals surface area contributed by atoms with Crippen LogP contribution in [-0.2, 0) is 10.2 Å². The third kappa shape index (κ3) is 5.01. The molecule has 0 bridgehead atoms. The van der Waals surface area contributed by atoms with E-state index in [0.29, 0.717) is 12.4 Å². The van der Waals surface area contributed by atoms with Crippen molar-refractivity contribution in [3.63, 3.8) is 0 Å². The first-order valence-corrected chi connectivity index (χ1v) is 7.47. The lowest BCUT2D eigenvalue weighted by Crippen LogP contribution is -2.33. The van der Waals surface area contributed by atoms with Crippen molar-refractivity contribution in [2.75, 3.05) is 11.3 Å². The van der Waals surface area contributed by atoms with Crippen LogP contribution < -0.4 is 9.44 Å². The van der Waals surface area contributed by atoms with Crippen molar-refractivity contribution >= 4 is 32.0 Å². The van der Waals surface area contributed by atoms with Gasteiger partial charge in [-0.15, -0.1) is 0 Å². The van der Waals surface area contributed by atoms with Gasteiger partial charge in [0.2, 0.25) is 0 Å². The number of anilines is 1. The summed E-state index contributed by atoms with van der Waals surface area (Å²) in [6, 6.07) is 1.67. The van der Waals surface area contributed by atoms with Gasteiger partial charge in [-0.1, -0.05) is 13.8 Å². The minimum atomic E-state index is -3.54. The number of halogens is 1. The second kappa shape index (κ2) is 5.79. The Morgan fingerprint density at radius 1 is 1.47 bits per heavy atom. The smallest absolute Gasteiger partial charge is 0.255 e. The maximum absolute atomic E-state index is 11.6. The lowest BCUT2D eigenvalue weighted by molar-refractivity contribution is 0.564. The number of hydrogen-bond donors (Lipinski definition) is 2. The molecule has 0 unspecified atom stereocenters. The van der Waals surface area contributed by atoms with Gasteiger partial charge >= 0.3 is 0 Å². The average Bonchev–Trinajstić information content (AvgIpc) is 2.21. The van der Waals surface area contributed by atoms with Crippen molar-refractivity contribution in [1.29, 1.82) is 0 Å². The van der Waals surface area contributed by atoms with Crippen molar-refractivity contribution in [1.82, 2.24) is 9.71 Å². The number of hydrogen-bond acceptors (Lipinski definition) is 3. The summed E-state index contributed by atoms with van der Waals surface area (Å²) in [5, 5.41) is 0. The maximum Gasteiger partial charge on any atom is 0.300 e. The summed E-state index contributed by atoms with van der Waals surface area (Å²) in [4.78, 5) is 3.97. The number of nitrogens with one attached hydrogen (secondary N) is 2. The van der Waals surface area contributed by atoms with Gasteiger partial charge in [0.05, 0.1) is 0 Å². The average molecular weight is 322 g/mol. The molecule has 0 aliphatic rings. The molecule has 0 aliphatic carbocycles. The molecule has 0 saturated carbocycles. The number of aromatic nitrogens is 1. The Hall–Kier alpha value is -0.660. The molecule has 1 heterocycles. The first-order valence-electron chi connectivity index (χ1n) is 5.19. The van der Waals surface area contributed by atoms with Crippen molar-refractivity contribution < 1.29 is 8.42 Å². The minimum absolute atomic E-state index is 0.256. The lowest BCUT2D eigenvalue weighted by atomic mass is 10.2. The van der Waals surface area contributed by atoms with Crippen molar-refractivity contribution in [3.05, 3.63) is 22.3 Å². The summed E-state index contributed by atoms with van der Waals surface area (Å²) in [7, 11) is -3.54. The molecule has 1 aromatic rings. The molecular weight excluding hydrogens is 306 g/mol. The molecule has 1 aromatic heterocycles. The highest BCUT2D eigenvalue weighted by molar-refractivity contribution is 9.10. The summed E-state index contributed by atoms with van der Waals surface area (Å²) < 4.78 is 28.9. The van der Waals surface area contributed by atoms with E-state index in [4.69, 9.17) is 0 Å². The third-order valence-electron chi connectivity index (χ3n) is 1.97. The molecule has 0 aromatic carbocycles. The molecule has 7 heteroatoms. The molecule has 17 heavy (non-hydrogen) atoms. The molecular formula is C10H16BrN3O2S. The van der Waals surface area contributed by atoms with Gasteiger partial charge in [-0.2, -0.15) is 13.1 Å². The van der Waals surface area contributed by atoms with E-state index in [1.54, 1.807) is 12.3 Å². The fourth-order valence-electron chi connectivity index (χ4n) is 1.05. The Bertz CT molecular complexity index is 488. The summed E-state index contributed by atoms with van der Waals surface area (Å²) in [6.45, 7) is 6.13. The highest BCUT2D eigenvalue weighted by atomic mass is 79.9. The second-order valence-electron chi connectivity index (χ2n) is 4.17. The highest BCUT2D eigenvalue weighted by Crippen LogP contribution is 2.17. The fraction of sp³-hybridized carbons (Fsp3) is 0.500. The molecule has 0 radical (unpaired) electrons. The Labute approximate surface area is 110 Å². The van der Waals surface area contributed by atoms with Crippen molar-refractivity contribution in [2.45, 2.75) is 20.8 Å². The Balaban J connectivity index is 2.73. The van der Waals surface area contributed by atoms with Crippen molar-refractivity contribution in [3.8, 4) is 0 Å². The molecule has 0 aliphatic heterocycles. The van der Waals surface area contributed by atoms with Gasteiger partial charge in [0.25, 0.3) is 10.2 Å². The van der Waals surface area contributed by atoms with Gasteiger partial charge < -0.3 is 0 Å². The van der Waals surface area contributed by atoms with Crippen LogP contribution in [0.25, 0.3) is 0 Å². The van der Waals surface area contributed by atoms with Crippen LogP contribution in [0.2, 0.25) is 0 Å². The third-order valence-corrected chi connectivity index (χ3v) is 3.82. The number of nitrogens with zero attached hydrogens (tertiary/aromatic N) is 1. The summed E-state index contributed by atoms with van der Waals surface area (Å²) in [5.41, 5.74) is 0.918. The summed E-state index contributed by atoms with van der Waals surface area (Å²) in [5.74, 6) is 0.563. The van der Waals surface area contributed by atoms with Crippen LogP contribution in [0, 0.1) is 12.8 Å². The van der Waals surface area contributed by atoms with Crippen LogP contribution in [-0.4, -0.2) is 19.9 Å². The van der Waals surface area contributed by atoms with E-state index in [2.05, 4.69) is 30.4 Å². The molecule has 1 rings (SSSR count). The zero-order valence-electron chi connectivity index (χ0n) is 9.99. The molecule has 0 saturated heterocycles.